The second-order valence-corrected chi connectivity index (χ2v) is 4.52. The van der Waals surface area contributed by atoms with Gasteiger partial charge in [-0.25, -0.2) is 4.98 Å². The average Bonchev–Trinajstić information content (AvgIpc) is 2.18. The van der Waals surface area contributed by atoms with Crippen molar-refractivity contribution in [2.75, 3.05) is 13.6 Å². The molecule has 0 aromatic carbocycles. The van der Waals surface area contributed by atoms with Gasteiger partial charge in [0, 0.05) is 25.4 Å². The van der Waals surface area contributed by atoms with Crippen LogP contribution in [-0.4, -0.2) is 28.5 Å². The Morgan fingerprint density at radius 2 is 2.20 bits per heavy atom. The first-order valence-corrected chi connectivity index (χ1v) is 5.38. The Morgan fingerprint density at radius 1 is 1.47 bits per heavy atom. The molecule has 4 nitrogen and oxygen atoms in total. The minimum Gasteiger partial charge on any atom is -0.310 e. The smallest absolute Gasteiger partial charge is 0.255 e. The van der Waals surface area contributed by atoms with E-state index < -0.39 is 0 Å². The molecule has 1 N–H and O–H groups in total. The molecule has 1 aromatic heterocycles. The number of nitrogens with one attached hydrogen (secondary N) is 1. The fraction of sp³-hybridized carbons (Fsp3) is 0.636. The number of hydrogen-bond acceptors (Lipinski definition) is 3. The monoisotopic (exact) mass is 207 g/mol. The summed E-state index contributed by atoms with van der Waals surface area (Å²) in [5.41, 5.74) is 1.86. The summed E-state index contributed by atoms with van der Waals surface area (Å²) in [6.45, 7) is 5.79. The second-order valence-electron chi connectivity index (χ2n) is 4.52. The molecule has 0 unspecified atom stereocenters. The van der Waals surface area contributed by atoms with Crippen LogP contribution in [0.15, 0.2) is 4.79 Å². The quantitative estimate of drug-likeness (QED) is 0.743. The lowest BCUT2D eigenvalue weighted by Gasteiger charge is -2.23. The van der Waals surface area contributed by atoms with Crippen LogP contribution in [0.3, 0.4) is 0 Å². The van der Waals surface area contributed by atoms with Gasteiger partial charge < -0.3 is 9.88 Å². The predicted octanol–water partition coefficient (Wildman–Crippen LogP) is 0.881. The first-order chi connectivity index (χ1) is 7.08. The fourth-order valence-corrected chi connectivity index (χ4v) is 1.85. The van der Waals surface area contributed by atoms with Crippen LogP contribution in [-0.2, 0) is 13.0 Å². The van der Waals surface area contributed by atoms with Gasteiger partial charge in [0.25, 0.3) is 5.56 Å². The van der Waals surface area contributed by atoms with Crippen molar-refractivity contribution >= 4 is 0 Å². The van der Waals surface area contributed by atoms with Gasteiger partial charge in [-0.3, -0.25) is 4.79 Å². The molecule has 2 heterocycles. The molecule has 0 radical (unpaired) electrons. The van der Waals surface area contributed by atoms with E-state index in [4.69, 9.17) is 0 Å². The number of hydrogen-bond donors (Lipinski definition) is 1. The van der Waals surface area contributed by atoms with E-state index in [0.717, 1.165) is 36.6 Å². The number of rotatable bonds is 1. The second kappa shape index (κ2) is 3.77. The largest absolute Gasteiger partial charge is 0.310 e. The number of likely N-dealkylation sites (N-methyl/N-ethyl adjacent to an activating group) is 1. The van der Waals surface area contributed by atoms with Crippen molar-refractivity contribution in [2.45, 2.75) is 32.7 Å². The highest BCUT2D eigenvalue weighted by molar-refractivity contribution is 5.21. The zero-order valence-electron chi connectivity index (χ0n) is 9.50. The molecular formula is C11H17N3O. The highest BCUT2D eigenvalue weighted by Crippen LogP contribution is 2.14. The van der Waals surface area contributed by atoms with Crippen LogP contribution >= 0.6 is 0 Å². The molecule has 0 saturated carbocycles. The van der Waals surface area contributed by atoms with Crippen molar-refractivity contribution < 1.29 is 0 Å². The molecule has 4 heteroatoms. The fourth-order valence-electron chi connectivity index (χ4n) is 1.85. The van der Waals surface area contributed by atoms with Crippen molar-refractivity contribution in [3.63, 3.8) is 0 Å². The van der Waals surface area contributed by atoms with Crippen LogP contribution in [0.2, 0.25) is 0 Å². The lowest BCUT2D eigenvalue weighted by Crippen LogP contribution is -2.33. The van der Waals surface area contributed by atoms with Gasteiger partial charge in [-0.05, 0) is 7.05 Å². The highest BCUT2D eigenvalue weighted by atomic mass is 16.1. The summed E-state index contributed by atoms with van der Waals surface area (Å²) in [4.78, 5) is 21.3. The number of aromatic amines is 1. The van der Waals surface area contributed by atoms with Crippen LogP contribution < -0.4 is 5.56 Å². The van der Waals surface area contributed by atoms with Crippen molar-refractivity contribution in [3.05, 3.63) is 27.4 Å². The normalized spacial score (nSPS) is 16.8. The first kappa shape index (κ1) is 10.4. The van der Waals surface area contributed by atoms with Gasteiger partial charge in [0.2, 0.25) is 0 Å². The van der Waals surface area contributed by atoms with E-state index in [0.29, 0.717) is 0 Å². The van der Waals surface area contributed by atoms with Gasteiger partial charge in [0.05, 0.1) is 11.3 Å². The van der Waals surface area contributed by atoms with Crippen LogP contribution in [0, 0.1) is 0 Å². The third-order valence-corrected chi connectivity index (χ3v) is 2.82. The lowest BCUT2D eigenvalue weighted by molar-refractivity contribution is 0.307. The van der Waals surface area contributed by atoms with Crippen molar-refractivity contribution in [2.24, 2.45) is 0 Å². The van der Waals surface area contributed by atoms with Crippen LogP contribution in [0.25, 0.3) is 0 Å². The van der Waals surface area contributed by atoms with Gasteiger partial charge in [-0.2, -0.15) is 0 Å². The van der Waals surface area contributed by atoms with Gasteiger partial charge in [0.1, 0.15) is 5.82 Å². The minimum absolute atomic E-state index is 0.0373. The topological polar surface area (TPSA) is 49.0 Å². The molecule has 1 aliphatic heterocycles. The number of H-pyrrole nitrogens is 1. The molecule has 82 valence electrons. The van der Waals surface area contributed by atoms with E-state index in [-0.39, 0.29) is 11.5 Å². The summed E-state index contributed by atoms with van der Waals surface area (Å²) >= 11 is 0. The third kappa shape index (κ3) is 1.95. The zero-order chi connectivity index (χ0) is 11.0. The summed E-state index contributed by atoms with van der Waals surface area (Å²) in [5.74, 6) is 1.09. The molecule has 1 aliphatic rings. The lowest BCUT2D eigenvalue weighted by atomic mass is 10.1. The molecule has 0 amide bonds. The third-order valence-electron chi connectivity index (χ3n) is 2.82. The molecule has 0 aliphatic carbocycles. The molecule has 1 aromatic rings. The molecule has 0 spiro atoms. The van der Waals surface area contributed by atoms with Crippen molar-refractivity contribution in [1.82, 2.24) is 14.9 Å². The standard InChI is InChI=1S/C11H17N3O/c1-7(2)10-12-9-4-5-14(3)6-8(9)11(15)13-10/h7H,4-6H2,1-3H3,(H,12,13,15). The molecule has 0 bridgehead atoms. The Kier molecular flexibility index (Phi) is 2.61. The summed E-state index contributed by atoms with van der Waals surface area (Å²) in [5, 5.41) is 0. The van der Waals surface area contributed by atoms with E-state index in [1.54, 1.807) is 0 Å². The van der Waals surface area contributed by atoms with E-state index in [9.17, 15) is 4.79 Å². The van der Waals surface area contributed by atoms with Gasteiger partial charge >= 0.3 is 0 Å². The van der Waals surface area contributed by atoms with E-state index in [2.05, 4.69) is 14.9 Å². The Hall–Kier alpha value is -1.16. The maximum absolute atomic E-state index is 11.8. The molecular weight excluding hydrogens is 190 g/mol. The summed E-state index contributed by atoms with van der Waals surface area (Å²) in [6.07, 6.45) is 0.884. The number of aromatic nitrogens is 2. The van der Waals surface area contributed by atoms with Gasteiger partial charge in [-0.1, -0.05) is 13.8 Å². The Morgan fingerprint density at radius 3 is 2.87 bits per heavy atom. The molecule has 15 heavy (non-hydrogen) atoms. The minimum atomic E-state index is 0.0373. The van der Waals surface area contributed by atoms with Gasteiger partial charge in [0.15, 0.2) is 0 Å². The summed E-state index contributed by atoms with van der Waals surface area (Å²) < 4.78 is 0. The Bertz CT molecular complexity index is 422. The van der Waals surface area contributed by atoms with E-state index in [1.165, 1.54) is 0 Å². The SMILES string of the molecule is CC(C)c1nc2c(c(=O)[nH]1)CN(C)CC2. The maximum atomic E-state index is 11.8. The Balaban J connectivity index is 2.48. The van der Waals surface area contributed by atoms with Crippen LogP contribution in [0.1, 0.15) is 36.8 Å². The molecule has 0 atom stereocenters. The van der Waals surface area contributed by atoms with Crippen LogP contribution in [0.4, 0.5) is 0 Å². The predicted molar refractivity (Wildman–Crippen MR) is 59.0 cm³/mol. The van der Waals surface area contributed by atoms with Crippen LogP contribution in [0.5, 0.6) is 0 Å². The highest BCUT2D eigenvalue weighted by Gasteiger charge is 2.19. The first-order valence-electron chi connectivity index (χ1n) is 5.38. The molecule has 0 saturated heterocycles. The molecule has 2 rings (SSSR count). The van der Waals surface area contributed by atoms with E-state index >= 15 is 0 Å². The number of fused-ring (bicyclic) bond motifs is 1. The maximum Gasteiger partial charge on any atom is 0.255 e. The molecule has 0 fully saturated rings. The van der Waals surface area contributed by atoms with E-state index in [1.807, 2.05) is 20.9 Å². The van der Waals surface area contributed by atoms with Gasteiger partial charge in [-0.15, -0.1) is 0 Å². The Labute approximate surface area is 89.3 Å². The average molecular weight is 207 g/mol. The number of nitrogens with zero attached hydrogens (tertiary/aromatic N) is 2. The summed E-state index contributed by atoms with van der Waals surface area (Å²) in [6, 6.07) is 0. The van der Waals surface area contributed by atoms with Crippen molar-refractivity contribution in [3.8, 4) is 0 Å². The van der Waals surface area contributed by atoms with Crippen molar-refractivity contribution in [1.29, 1.82) is 0 Å². The summed E-state index contributed by atoms with van der Waals surface area (Å²) in [7, 11) is 2.03. The zero-order valence-corrected chi connectivity index (χ0v) is 9.50.